The first-order valence-electron chi connectivity index (χ1n) is 10.7. The minimum atomic E-state index is -0.415. The van der Waals surface area contributed by atoms with E-state index in [2.05, 4.69) is 30.0 Å². The molecule has 1 aromatic carbocycles. The Kier molecular flexibility index (Phi) is 6.42. The standard InChI is InChI=1S/C22H23ClN8O2S/c1-33-11-16-22(32)31(9-13-2-3-14-15(8-13)25-12-26-20(14)24)7-6-30(16)10-19-27-21(29-28-19)17-4-5-18(23)34-17/h2-5,8,12,16H,6-7,9-11H2,1H3,(H2,24,25,26)(H,27,28,29)/t16-/m0/s1. The fourth-order valence-electron chi connectivity index (χ4n) is 4.11. The van der Waals surface area contributed by atoms with E-state index in [-0.39, 0.29) is 5.91 Å². The number of nitrogen functional groups attached to an aromatic ring is 1. The van der Waals surface area contributed by atoms with Crippen molar-refractivity contribution in [2.75, 3.05) is 32.5 Å². The van der Waals surface area contributed by atoms with Gasteiger partial charge < -0.3 is 15.4 Å². The number of fused-ring (bicyclic) bond motifs is 1. The van der Waals surface area contributed by atoms with Crippen LogP contribution in [0.1, 0.15) is 11.4 Å². The van der Waals surface area contributed by atoms with Gasteiger partial charge in [0.05, 0.1) is 27.9 Å². The summed E-state index contributed by atoms with van der Waals surface area (Å²) in [5.74, 6) is 1.74. The van der Waals surface area contributed by atoms with Crippen molar-refractivity contribution in [2.45, 2.75) is 19.1 Å². The highest BCUT2D eigenvalue weighted by Gasteiger charge is 2.35. The van der Waals surface area contributed by atoms with Gasteiger partial charge in [-0.15, -0.1) is 11.3 Å². The van der Waals surface area contributed by atoms with Crippen LogP contribution >= 0.6 is 22.9 Å². The van der Waals surface area contributed by atoms with Crippen molar-refractivity contribution in [1.29, 1.82) is 0 Å². The third-order valence-electron chi connectivity index (χ3n) is 5.80. The first kappa shape index (κ1) is 22.7. The molecule has 4 heterocycles. The zero-order valence-electron chi connectivity index (χ0n) is 18.4. The number of nitrogens with two attached hydrogens (primary N) is 1. The number of anilines is 1. The maximum absolute atomic E-state index is 13.4. The Balaban J connectivity index is 1.29. The first-order valence-corrected chi connectivity index (χ1v) is 11.9. The quantitative estimate of drug-likeness (QED) is 0.398. The Labute approximate surface area is 204 Å². The van der Waals surface area contributed by atoms with Crippen molar-refractivity contribution in [3.63, 3.8) is 0 Å². The maximum atomic E-state index is 13.4. The highest BCUT2D eigenvalue weighted by Crippen LogP contribution is 2.29. The lowest BCUT2D eigenvalue weighted by molar-refractivity contribution is -0.145. The Bertz CT molecular complexity index is 1330. The molecule has 1 saturated heterocycles. The molecule has 1 fully saturated rings. The number of hydrogen-bond acceptors (Lipinski definition) is 9. The average molecular weight is 499 g/mol. The average Bonchev–Trinajstić information content (AvgIpc) is 3.47. The predicted octanol–water partition coefficient (Wildman–Crippen LogP) is 2.57. The number of ether oxygens (including phenoxy) is 1. The van der Waals surface area contributed by atoms with Crippen LogP contribution in [0.15, 0.2) is 36.7 Å². The number of amides is 1. The number of carbonyl (C=O) groups excluding carboxylic acids is 1. The molecule has 1 aliphatic heterocycles. The number of benzene rings is 1. The molecule has 0 radical (unpaired) electrons. The Morgan fingerprint density at radius 1 is 1.24 bits per heavy atom. The van der Waals surface area contributed by atoms with E-state index in [1.807, 2.05) is 35.2 Å². The third kappa shape index (κ3) is 4.60. The van der Waals surface area contributed by atoms with Crippen LogP contribution in [0.3, 0.4) is 0 Å². The zero-order valence-corrected chi connectivity index (χ0v) is 20.0. The van der Waals surface area contributed by atoms with E-state index in [0.29, 0.717) is 54.6 Å². The number of methoxy groups -OCH3 is 1. The van der Waals surface area contributed by atoms with Gasteiger partial charge in [-0.2, -0.15) is 5.10 Å². The van der Waals surface area contributed by atoms with Gasteiger partial charge >= 0.3 is 0 Å². The van der Waals surface area contributed by atoms with Crippen molar-refractivity contribution in [3.05, 3.63) is 52.4 Å². The normalized spacial score (nSPS) is 17.1. The second-order valence-corrected chi connectivity index (χ2v) is 9.74. The van der Waals surface area contributed by atoms with Crippen LogP contribution in [0.5, 0.6) is 0 Å². The number of piperazine rings is 1. The minimum absolute atomic E-state index is 0.0141. The number of rotatable bonds is 7. The van der Waals surface area contributed by atoms with E-state index in [0.717, 1.165) is 21.3 Å². The molecule has 10 nitrogen and oxygen atoms in total. The number of hydrogen-bond donors (Lipinski definition) is 2. The number of thiophene rings is 1. The molecule has 3 N–H and O–H groups in total. The Morgan fingerprint density at radius 2 is 2.12 bits per heavy atom. The fourth-order valence-corrected chi connectivity index (χ4v) is 5.09. The molecule has 0 unspecified atom stereocenters. The van der Waals surface area contributed by atoms with Crippen LogP contribution in [0.4, 0.5) is 5.82 Å². The van der Waals surface area contributed by atoms with Crippen molar-refractivity contribution < 1.29 is 9.53 Å². The van der Waals surface area contributed by atoms with E-state index in [1.54, 1.807) is 7.11 Å². The maximum Gasteiger partial charge on any atom is 0.242 e. The summed E-state index contributed by atoms with van der Waals surface area (Å²) in [4.78, 5) is 31.1. The van der Waals surface area contributed by atoms with Crippen LogP contribution in [0.2, 0.25) is 4.34 Å². The molecule has 3 aromatic heterocycles. The summed E-state index contributed by atoms with van der Waals surface area (Å²) in [6, 6.07) is 9.10. The molecular formula is C22H23ClN8O2S. The van der Waals surface area contributed by atoms with Crippen molar-refractivity contribution >= 4 is 45.6 Å². The minimum Gasteiger partial charge on any atom is -0.383 e. The van der Waals surface area contributed by atoms with Gasteiger partial charge in [0, 0.05) is 32.1 Å². The topological polar surface area (TPSA) is 126 Å². The SMILES string of the molecule is COC[C@H]1C(=O)N(Cc2ccc3c(N)ncnc3c2)CCN1Cc1nc(-c2ccc(Cl)s2)n[nH]1. The van der Waals surface area contributed by atoms with Gasteiger partial charge in [-0.3, -0.25) is 14.8 Å². The summed E-state index contributed by atoms with van der Waals surface area (Å²) in [6.45, 7) is 2.51. The highest BCUT2D eigenvalue weighted by molar-refractivity contribution is 7.19. The molecule has 5 rings (SSSR count). The molecule has 0 bridgehead atoms. The summed E-state index contributed by atoms with van der Waals surface area (Å²) in [6.07, 6.45) is 1.45. The van der Waals surface area contributed by atoms with Crippen molar-refractivity contribution in [1.82, 2.24) is 34.9 Å². The van der Waals surface area contributed by atoms with E-state index in [4.69, 9.17) is 22.1 Å². The number of aromatic nitrogens is 5. The van der Waals surface area contributed by atoms with Crippen LogP contribution in [0, 0.1) is 0 Å². The van der Waals surface area contributed by atoms with E-state index in [9.17, 15) is 4.79 Å². The lowest BCUT2D eigenvalue weighted by Crippen LogP contribution is -2.57. The molecule has 0 spiro atoms. The second-order valence-electron chi connectivity index (χ2n) is 8.02. The molecule has 176 valence electrons. The summed E-state index contributed by atoms with van der Waals surface area (Å²) < 4.78 is 6.07. The molecule has 1 amide bonds. The number of halogens is 1. The Hall–Kier alpha value is -3.12. The fraction of sp³-hybridized carbons (Fsp3) is 0.318. The smallest absolute Gasteiger partial charge is 0.242 e. The van der Waals surface area contributed by atoms with Crippen molar-refractivity contribution in [3.8, 4) is 10.7 Å². The van der Waals surface area contributed by atoms with Gasteiger partial charge in [0.15, 0.2) is 5.82 Å². The highest BCUT2D eigenvalue weighted by atomic mass is 35.5. The molecule has 1 aliphatic rings. The molecule has 34 heavy (non-hydrogen) atoms. The summed E-state index contributed by atoms with van der Waals surface area (Å²) in [7, 11) is 1.60. The van der Waals surface area contributed by atoms with Crippen molar-refractivity contribution in [2.24, 2.45) is 0 Å². The molecule has 1 atom stereocenters. The van der Waals surface area contributed by atoms with Crippen LogP contribution in [-0.2, 0) is 22.6 Å². The number of nitrogens with zero attached hydrogens (tertiary/aromatic N) is 6. The zero-order chi connectivity index (χ0) is 23.7. The van der Waals surface area contributed by atoms with Gasteiger partial charge in [0.2, 0.25) is 5.91 Å². The number of H-pyrrole nitrogens is 1. The third-order valence-corrected chi connectivity index (χ3v) is 7.03. The summed E-state index contributed by atoms with van der Waals surface area (Å²) in [5.41, 5.74) is 7.67. The number of carbonyl (C=O) groups is 1. The summed E-state index contributed by atoms with van der Waals surface area (Å²) >= 11 is 7.45. The number of aromatic amines is 1. The van der Waals surface area contributed by atoms with Crippen LogP contribution in [-0.4, -0.2) is 73.7 Å². The Morgan fingerprint density at radius 3 is 2.91 bits per heavy atom. The molecule has 4 aromatic rings. The largest absolute Gasteiger partial charge is 0.383 e. The van der Waals surface area contributed by atoms with E-state index in [1.165, 1.54) is 17.7 Å². The van der Waals surface area contributed by atoms with Gasteiger partial charge in [0.1, 0.15) is 24.0 Å². The molecule has 0 saturated carbocycles. The van der Waals surface area contributed by atoms with Gasteiger partial charge in [-0.25, -0.2) is 15.0 Å². The van der Waals surface area contributed by atoms with Crippen LogP contribution < -0.4 is 5.73 Å². The van der Waals surface area contributed by atoms with Gasteiger partial charge in [-0.05, 0) is 29.8 Å². The van der Waals surface area contributed by atoms with Gasteiger partial charge in [0.25, 0.3) is 0 Å². The van der Waals surface area contributed by atoms with E-state index < -0.39 is 6.04 Å². The monoisotopic (exact) mass is 498 g/mol. The van der Waals surface area contributed by atoms with Gasteiger partial charge in [-0.1, -0.05) is 17.7 Å². The lowest BCUT2D eigenvalue weighted by atomic mass is 10.1. The second kappa shape index (κ2) is 9.63. The molecule has 0 aliphatic carbocycles. The predicted molar refractivity (Wildman–Crippen MR) is 130 cm³/mol. The molecule has 12 heteroatoms. The van der Waals surface area contributed by atoms with E-state index >= 15 is 0 Å². The lowest BCUT2D eigenvalue weighted by Gasteiger charge is -2.40. The molecular weight excluding hydrogens is 476 g/mol. The summed E-state index contributed by atoms with van der Waals surface area (Å²) in [5, 5.41) is 8.09. The van der Waals surface area contributed by atoms with Crippen LogP contribution in [0.25, 0.3) is 21.6 Å². The first-order chi connectivity index (χ1) is 16.5. The number of nitrogens with one attached hydrogen (secondary N) is 1.